The van der Waals surface area contributed by atoms with Gasteiger partial charge in [-0.25, -0.2) is 9.97 Å². The Morgan fingerprint density at radius 1 is 1.04 bits per heavy atom. The molecule has 23 heavy (non-hydrogen) atoms. The highest BCUT2D eigenvalue weighted by Gasteiger charge is 2.34. The third kappa shape index (κ3) is 3.70. The number of nitrogens with zero attached hydrogens (tertiary/aromatic N) is 2. The topological polar surface area (TPSA) is 51.0 Å². The molecule has 2 aromatic heterocycles. The summed E-state index contributed by atoms with van der Waals surface area (Å²) in [4.78, 5) is 7.62. The van der Waals surface area contributed by atoms with Crippen LogP contribution in [-0.2, 0) is 6.18 Å². The fourth-order valence-corrected chi connectivity index (χ4v) is 2.29. The van der Waals surface area contributed by atoms with Crippen LogP contribution >= 0.6 is 15.9 Å². The normalized spacial score (nSPS) is 11.5. The maximum Gasteiger partial charge on any atom is 0.433 e. The molecule has 8 heteroatoms. The molecule has 0 aliphatic rings. The molecular formula is C15H9BrF3N3O. The molecule has 0 fully saturated rings. The van der Waals surface area contributed by atoms with Gasteiger partial charge in [0, 0.05) is 10.2 Å². The Morgan fingerprint density at radius 3 is 2.52 bits per heavy atom. The maximum atomic E-state index is 13.0. The second kappa shape index (κ2) is 6.04. The minimum atomic E-state index is -4.59. The van der Waals surface area contributed by atoms with E-state index in [1.807, 2.05) is 0 Å². The monoisotopic (exact) mass is 383 g/mol. The van der Waals surface area contributed by atoms with Crippen LogP contribution in [0.5, 0.6) is 0 Å². The Balaban J connectivity index is 2.03. The first-order valence-corrected chi connectivity index (χ1v) is 7.24. The van der Waals surface area contributed by atoms with Gasteiger partial charge < -0.3 is 9.73 Å². The number of benzene rings is 1. The van der Waals surface area contributed by atoms with Gasteiger partial charge >= 0.3 is 6.18 Å². The van der Waals surface area contributed by atoms with Crippen LogP contribution < -0.4 is 5.32 Å². The summed E-state index contributed by atoms with van der Waals surface area (Å²) in [6.45, 7) is 0. The van der Waals surface area contributed by atoms with E-state index in [0.29, 0.717) is 5.69 Å². The Morgan fingerprint density at radius 2 is 1.87 bits per heavy atom. The quantitative estimate of drug-likeness (QED) is 0.669. The summed E-state index contributed by atoms with van der Waals surface area (Å²) >= 11 is 3.29. The Kier molecular flexibility index (Phi) is 4.08. The van der Waals surface area contributed by atoms with Gasteiger partial charge in [-0.3, -0.25) is 0 Å². The summed E-state index contributed by atoms with van der Waals surface area (Å²) in [6, 6.07) is 10.9. The lowest BCUT2D eigenvalue weighted by atomic mass is 10.2. The van der Waals surface area contributed by atoms with E-state index in [9.17, 15) is 13.2 Å². The van der Waals surface area contributed by atoms with E-state index in [0.717, 1.165) is 10.5 Å². The minimum absolute atomic E-state index is 0.0508. The van der Waals surface area contributed by atoms with Gasteiger partial charge in [0.05, 0.1) is 6.26 Å². The molecule has 0 saturated heterocycles. The number of hydrogen-bond donors (Lipinski definition) is 1. The first-order chi connectivity index (χ1) is 10.9. The average molecular weight is 384 g/mol. The van der Waals surface area contributed by atoms with E-state index in [4.69, 9.17) is 4.42 Å². The molecule has 1 N–H and O–H groups in total. The standard InChI is InChI=1S/C15H9BrF3N3O/c16-9-3-1-4-10(7-9)20-14-21-11(12-5-2-6-23-12)8-13(22-14)15(17,18)19/h1-8H,(H,20,21,22). The van der Waals surface area contributed by atoms with Crippen molar-refractivity contribution < 1.29 is 17.6 Å². The largest absolute Gasteiger partial charge is 0.463 e. The molecule has 0 radical (unpaired) electrons. The lowest BCUT2D eigenvalue weighted by molar-refractivity contribution is -0.141. The Labute approximate surface area is 137 Å². The van der Waals surface area contributed by atoms with Gasteiger partial charge in [-0.1, -0.05) is 22.0 Å². The fourth-order valence-electron chi connectivity index (χ4n) is 1.89. The highest BCUT2D eigenvalue weighted by molar-refractivity contribution is 9.10. The van der Waals surface area contributed by atoms with E-state index in [1.165, 1.54) is 12.3 Å². The zero-order valence-electron chi connectivity index (χ0n) is 11.4. The zero-order valence-corrected chi connectivity index (χ0v) is 13.0. The van der Waals surface area contributed by atoms with Crippen molar-refractivity contribution in [2.75, 3.05) is 5.32 Å². The number of rotatable bonds is 3. The Hall–Kier alpha value is -2.35. The third-order valence-electron chi connectivity index (χ3n) is 2.87. The number of furan rings is 1. The van der Waals surface area contributed by atoms with Gasteiger partial charge in [0.15, 0.2) is 11.5 Å². The van der Waals surface area contributed by atoms with Crippen molar-refractivity contribution in [1.82, 2.24) is 9.97 Å². The smallest absolute Gasteiger partial charge is 0.433 e. The first-order valence-electron chi connectivity index (χ1n) is 6.44. The number of aromatic nitrogens is 2. The average Bonchev–Trinajstić information content (AvgIpc) is 3.00. The molecule has 0 atom stereocenters. The third-order valence-corrected chi connectivity index (χ3v) is 3.36. The van der Waals surface area contributed by atoms with E-state index in [1.54, 1.807) is 30.3 Å². The van der Waals surface area contributed by atoms with Crippen molar-refractivity contribution in [3.8, 4) is 11.5 Å². The molecule has 4 nitrogen and oxygen atoms in total. The zero-order chi connectivity index (χ0) is 16.4. The number of nitrogens with one attached hydrogen (secondary N) is 1. The second-order valence-electron chi connectivity index (χ2n) is 4.57. The van der Waals surface area contributed by atoms with Crippen molar-refractivity contribution in [2.24, 2.45) is 0 Å². The van der Waals surface area contributed by atoms with Gasteiger partial charge in [0.2, 0.25) is 5.95 Å². The summed E-state index contributed by atoms with van der Waals surface area (Å²) in [5.74, 6) is 0.0690. The molecule has 0 saturated carbocycles. The van der Waals surface area contributed by atoms with Crippen molar-refractivity contribution >= 4 is 27.6 Å². The van der Waals surface area contributed by atoms with Crippen LogP contribution in [0.4, 0.5) is 24.8 Å². The molecule has 0 amide bonds. The van der Waals surface area contributed by atoms with Crippen molar-refractivity contribution in [1.29, 1.82) is 0 Å². The number of alkyl halides is 3. The van der Waals surface area contributed by atoms with Gasteiger partial charge in [0.1, 0.15) is 5.69 Å². The van der Waals surface area contributed by atoms with Crippen molar-refractivity contribution in [3.05, 3.63) is 58.9 Å². The van der Waals surface area contributed by atoms with Crippen LogP contribution in [0, 0.1) is 0 Å². The van der Waals surface area contributed by atoms with Crippen LogP contribution in [-0.4, -0.2) is 9.97 Å². The van der Waals surface area contributed by atoms with Gasteiger partial charge in [-0.2, -0.15) is 13.2 Å². The number of hydrogen-bond acceptors (Lipinski definition) is 4. The summed E-state index contributed by atoms with van der Waals surface area (Å²) in [5, 5.41) is 2.77. The van der Waals surface area contributed by atoms with Crippen LogP contribution in [0.25, 0.3) is 11.5 Å². The second-order valence-corrected chi connectivity index (χ2v) is 5.49. The lowest BCUT2D eigenvalue weighted by Crippen LogP contribution is -2.11. The van der Waals surface area contributed by atoms with Crippen molar-refractivity contribution in [3.63, 3.8) is 0 Å². The molecule has 2 heterocycles. The van der Waals surface area contributed by atoms with E-state index < -0.39 is 11.9 Å². The molecular weight excluding hydrogens is 375 g/mol. The van der Waals surface area contributed by atoms with Crippen LogP contribution in [0.15, 0.2) is 57.6 Å². The van der Waals surface area contributed by atoms with Gasteiger partial charge in [-0.05, 0) is 36.4 Å². The molecule has 0 aliphatic heterocycles. The molecule has 1 aromatic carbocycles. The predicted octanol–water partition coefficient (Wildman–Crippen LogP) is 5.26. The van der Waals surface area contributed by atoms with Crippen molar-refractivity contribution in [2.45, 2.75) is 6.18 Å². The number of anilines is 2. The molecule has 0 unspecified atom stereocenters. The maximum absolute atomic E-state index is 13.0. The lowest BCUT2D eigenvalue weighted by Gasteiger charge is -2.11. The fraction of sp³-hybridized carbons (Fsp3) is 0.0667. The van der Waals surface area contributed by atoms with Crippen LogP contribution in [0.1, 0.15) is 5.69 Å². The van der Waals surface area contributed by atoms with Gasteiger partial charge in [-0.15, -0.1) is 0 Å². The molecule has 3 rings (SSSR count). The summed E-state index contributed by atoms with van der Waals surface area (Å²) in [7, 11) is 0. The highest BCUT2D eigenvalue weighted by atomic mass is 79.9. The summed E-state index contributed by atoms with van der Waals surface area (Å²) in [5.41, 5.74) is -0.435. The summed E-state index contributed by atoms with van der Waals surface area (Å²) in [6.07, 6.45) is -3.22. The van der Waals surface area contributed by atoms with E-state index in [2.05, 4.69) is 31.2 Å². The predicted molar refractivity (Wildman–Crippen MR) is 82.2 cm³/mol. The molecule has 0 spiro atoms. The molecule has 0 bridgehead atoms. The number of halogens is 4. The Bertz CT molecular complexity index is 819. The highest BCUT2D eigenvalue weighted by Crippen LogP contribution is 2.32. The molecule has 118 valence electrons. The van der Waals surface area contributed by atoms with Gasteiger partial charge in [0.25, 0.3) is 0 Å². The summed E-state index contributed by atoms with van der Waals surface area (Å²) < 4.78 is 45.0. The SMILES string of the molecule is FC(F)(F)c1cc(-c2ccco2)nc(Nc2cccc(Br)c2)n1. The molecule has 0 aliphatic carbocycles. The minimum Gasteiger partial charge on any atom is -0.463 e. The van der Waals surface area contributed by atoms with Crippen LogP contribution in [0.2, 0.25) is 0 Å². The molecule has 3 aromatic rings. The van der Waals surface area contributed by atoms with E-state index >= 15 is 0 Å². The van der Waals surface area contributed by atoms with E-state index in [-0.39, 0.29) is 17.4 Å². The van der Waals surface area contributed by atoms with Crippen LogP contribution in [0.3, 0.4) is 0 Å². The first kappa shape index (κ1) is 15.5.